The molecule has 136 valence electrons. The summed E-state index contributed by atoms with van der Waals surface area (Å²) in [6, 6.07) is 9.80. The Hall–Kier alpha value is -0.820. The fourth-order valence-electron chi connectivity index (χ4n) is 1.75. The van der Waals surface area contributed by atoms with Crippen LogP contribution in [0.4, 0.5) is 0 Å². The van der Waals surface area contributed by atoms with Crippen molar-refractivity contribution < 1.29 is 37.4 Å². The normalized spacial score (nSPS) is 15.2. The van der Waals surface area contributed by atoms with Crippen LogP contribution in [0.1, 0.15) is 25.3 Å². The molecule has 24 heavy (non-hydrogen) atoms. The number of rotatable bonds is 11. The Morgan fingerprint density at radius 3 is 2.46 bits per heavy atom. The van der Waals surface area contributed by atoms with Crippen LogP contribution in [-0.4, -0.2) is 27.9 Å². The Morgan fingerprint density at radius 2 is 1.83 bits per heavy atom. The van der Waals surface area contributed by atoms with Gasteiger partial charge in [0.25, 0.3) is 0 Å². The molecular formula is C14H22O8P2. The third-order valence-corrected chi connectivity index (χ3v) is 5.00. The van der Waals surface area contributed by atoms with Crippen LogP contribution in [0.15, 0.2) is 42.0 Å². The van der Waals surface area contributed by atoms with Crippen molar-refractivity contribution in [3.8, 4) is 0 Å². The Labute approximate surface area is 140 Å². The molecule has 0 saturated carbocycles. The number of benzene rings is 1. The van der Waals surface area contributed by atoms with Crippen LogP contribution in [0, 0.1) is 0 Å². The number of phosphoric acid groups is 2. The summed E-state index contributed by atoms with van der Waals surface area (Å²) in [4.78, 5) is 26.0. The standard InChI is InChI=1S/C14H22O8P2/c1-13(9-11-21-24(18,19)22-23(15,16)17)6-5-10-20-12-14-7-3-2-4-8-14/h2-4,7-9H,5-6,10-12H2,1H3,(H,18,19)(H2,15,16,17)/b13-9+. The molecular weight excluding hydrogens is 358 g/mol. The topological polar surface area (TPSA) is 123 Å². The maximum atomic E-state index is 11.2. The van der Waals surface area contributed by atoms with E-state index in [9.17, 15) is 9.13 Å². The molecule has 10 heteroatoms. The minimum absolute atomic E-state index is 0.287. The smallest absolute Gasteiger partial charge is 0.377 e. The predicted octanol–water partition coefficient (Wildman–Crippen LogP) is 3.16. The van der Waals surface area contributed by atoms with Crippen molar-refractivity contribution in [2.24, 2.45) is 0 Å². The molecule has 0 heterocycles. The van der Waals surface area contributed by atoms with E-state index >= 15 is 0 Å². The van der Waals surface area contributed by atoms with Gasteiger partial charge in [-0.3, -0.25) is 4.52 Å². The van der Waals surface area contributed by atoms with Gasteiger partial charge >= 0.3 is 15.6 Å². The van der Waals surface area contributed by atoms with E-state index in [0.717, 1.165) is 17.6 Å². The second-order valence-electron chi connectivity index (χ2n) is 5.03. The SMILES string of the molecule is C/C(=C\COP(=O)(O)OP(=O)(O)O)CCCOCc1ccccc1. The van der Waals surface area contributed by atoms with E-state index in [1.54, 1.807) is 6.08 Å². The maximum absolute atomic E-state index is 11.2. The van der Waals surface area contributed by atoms with Gasteiger partial charge in [0.05, 0.1) is 13.2 Å². The van der Waals surface area contributed by atoms with Crippen molar-refractivity contribution in [3.63, 3.8) is 0 Å². The third-order valence-electron chi connectivity index (χ3n) is 2.85. The average molecular weight is 380 g/mol. The summed E-state index contributed by atoms with van der Waals surface area (Å²) >= 11 is 0. The van der Waals surface area contributed by atoms with Crippen LogP contribution in [0.3, 0.4) is 0 Å². The number of allylic oxidation sites excluding steroid dienone is 1. The van der Waals surface area contributed by atoms with Gasteiger partial charge in [0, 0.05) is 6.61 Å². The summed E-state index contributed by atoms with van der Waals surface area (Å²) < 4.78 is 35.3. The highest BCUT2D eigenvalue weighted by molar-refractivity contribution is 7.60. The molecule has 1 rings (SSSR count). The van der Waals surface area contributed by atoms with Crippen LogP contribution in [0.5, 0.6) is 0 Å². The third kappa shape index (κ3) is 10.9. The van der Waals surface area contributed by atoms with Crippen LogP contribution < -0.4 is 0 Å². The monoisotopic (exact) mass is 380 g/mol. The number of phosphoric ester groups is 1. The van der Waals surface area contributed by atoms with Crippen molar-refractivity contribution >= 4 is 15.6 Å². The molecule has 0 bridgehead atoms. The fraction of sp³-hybridized carbons (Fsp3) is 0.429. The first-order valence-electron chi connectivity index (χ1n) is 7.19. The molecule has 3 N–H and O–H groups in total. The van der Waals surface area contributed by atoms with Crippen LogP contribution >= 0.6 is 15.6 Å². The summed E-state index contributed by atoms with van der Waals surface area (Å²) in [5.74, 6) is 0. The number of ether oxygens (including phenoxy) is 1. The highest BCUT2D eigenvalue weighted by Crippen LogP contribution is 2.57. The summed E-state index contributed by atoms with van der Waals surface area (Å²) in [5, 5.41) is 0. The molecule has 0 saturated heterocycles. The van der Waals surface area contributed by atoms with E-state index in [-0.39, 0.29) is 6.61 Å². The molecule has 0 spiro atoms. The molecule has 0 aliphatic rings. The molecule has 1 aromatic rings. The maximum Gasteiger partial charge on any atom is 0.481 e. The van der Waals surface area contributed by atoms with Crippen molar-refractivity contribution in [2.45, 2.75) is 26.4 Å². The van der Waals surface area contributed by atoms with Crippen LogP contribution in [0.2, 0.25) is 0 Å². The molecule has 8 nitrogen and oxygen atoms in total. The average Bonchev–Trinajstić information content (AvgIpc) is 2.45. The summed E-state index contributed by atoms with van der Waals surface area (Å²) in [6.45, 7) is 2.64. The van der Waals surface area contributed by atoms with Crippen molar-refractivity contribution in [2.75, 3.05) is 13.2 Å². The Balaban J connectivity index is 2.18. The first-order chi connectivity index (χ1) is 11.2. The van der Waals surface area contributed by atoms with E-state index in [1.807, 2.05) is 37.3 Å². The van der Waals surface area contributed by atoms with Gasteiger partial charge in [0.2, 0.25) is 0 Å². The molecule has 0 aromatic heterocycles. The Bertz CT molecular complexity index is 610. The zero-order valence-corrected chi connectivity index (χ0v) is 15.1. The lowest BCUT2D eigenvalue weighted by Gasteiger charge is -2.11. The second-order valence-corrected chi connectivity index (χ2v) is 7.86. The lowest BCUT2D eigenvalue weighted by Crippen LogP contribution is -1.97. The van der Waals surface area contributed by atoms with E-state index < -0.39 is 15.6 Å². The summed E-state index contributed by atoms with van der Waals surface area (Å²) in [5.41, 5.74) is 2.00. The van der Waals surface area contributed by atoms with E-state index in [2.05, 4.69) is 8.83 Å². The van der Waals surface area contributed by atoms with Gasteiger partial charge in [-0.1, -0.05) is 42.0 Å². The molecule has 0 radical (unpaired) electrons. The van der Waals surface area contributed by atoms with Gasteiger partial charge < -0.3 is 19.4 Å². The molecule has 0 aliphatic carbocycles. The van der Waals surface area contributed by atoms with Gasteiger partial charge in [0.15, 0.2) is 0 Å². The van der Waals surface area contributed by atoms with Gasteiger partial charge in [-0.05, 0) is 25.3 Å². The first kappa shape index (κ1) is 21.2. The quantitative estimate of drug-likeness (QED) is 0.304. The summed E-state index contributed by atoms with van der Waals surface area (Å²) in [7, 11) is -9.85. The molecule has 1 atom stereocenters. The van der Waals surface area contributed by atoms with E-state index in [4.69, 9.17) is 19.4 Å². The number of hydrogen-bond acceptors (Lipinski definition) is 5. The lowest BCUT2D eigenvalue weighted by atomic mass is 10.1. The van der Waals surface area contributed by atoms with Crippen LogP contribution in [0.25, 0.3) is 0 Å². The highest BCUT2D eigenvalue weighted by atomic mass is 31.3. The van der Waals surface area contributed by atoms with E-state index in [0.29, 0.717) is 19.6 Å². The van der Waals surface area contributed by atoms with Crippen molar-refractivity contribution in [1.82, 2.24) is 0 Å². The minimum Gasteiger partial charge on any atom is -0.377 e. The largest absolute Gasteiger partial charge is 0.481 e. The zero-order chi connectivity index (χ0) is 18.1. The zero-order valence-electron chi connectivity index (χ0n) is 13.3. The Morgan fingerprint density at radius 1 is 1.17 bits per heavy atom. The lowest BCUT2D eigenvalue weighted by molar-refractivity contribution is 0.118. The first-order valence-corrected chi connectivity index (χ1v) is 10.2. The summed E-state index contributed by atoms with van der Waals surface area (Å²) in [6.07, 6.45) is 3.02. The van der Waals surface area contributed by atoms with Crippen molar-refractivity contribution in [1.29, 1.82) is 0 Å². The van der Waals surface area contributed by atoms with E-state index in [1.165, 1.54) is 0 Å². The molecule has 1 unspecified atom stereocenters. The Kier molecular flexibility index (Phi) is 9.05. The fourth-order valence-corrected chi connectivity index (χ4v) is 3.28. The van der Waals surface area contributed by atoms with Gasteiger partial charge in [-0.25, -0.2) is 9.13 Å². The second kappa shape index (κ2) is 10.2. The van der Waals surface area contributed by atoms with Gasteiger partial charge in [-0.2, -0.15) is 4.31 Å². The molecule has 0 fully saturated rings. The van der Waals surface area contributed by atoms with Gasteiger partial charge in [0.1, 0.15) is 0 Å². The van der Waals surface area contributed by atoms with Gasteiger partial charge in [-0.15, -0.1) is 0 Å². The van der Waals surface area contributed by atoms with Crippen molar-refractivity contribution in [3.05, 3.63) is 47.5 Å². The predicted molar refractivity (Wildman–Crippen MR) is 88.0 cm³/mol. The molecule has 0 amide bonds. The molecule has 1 aromatic carbocycles. The number of hydrogen-bond donors (Lipinski definition) is 3. The highest BCUT2D eigenvalue weighted by Gasteiger charge is 2.31. The minimum atomic E-state index is -5.08. The van der Waals surface area contributed by atoms with Crippen LogP contribution in [-0.2, 0) is 29.3 Å². The molecule has 0 aliphatic heterocycles.